The average molecular weight is 272 g/mol. The van der Waals surface area contributed by atoms with Gasteiger partial charge in [0, 0.05) is 5.41 Å². The standard InChI is InChI=1S/C18H22O.H2O/c1-13(2)14-5-7-15(8-6-14)18(3,4)16-9-11-17(19)12-10-16;/h5-13,19H,1-4H3;1H2. The van der Waals surface area contributed by atoms with Crippen molar-refractivity contribution in [1.29, 1.82) is 0 Å². The third kappa shape index (κ3) is 3.20. The van der Waals surface area contributed by atoms with E-state index in [2.05, 4.69) is 52.0 Å². The van der Waals surface area contributed by atoms with Crippen LogP contribution in [-0.2, 0) is 5.41 Å². The van der Waals surface area contributed by atoms with Gasteiger partial charge in [-0.2, -0.15) is 0 Å². The van der Waals surface area contributed by atoms with Gasteiger partial charge in [0.2, 0.25) is 0 Å². The maximum atomic E-state index is 9.39. The molecule has 2 heteroatoms. The molecule has 0 unspecified atom stereocenters. The van der Waals surface area contributed by atoms with Crippen LogP contribution >= 0.6 is 0 Å². The fraction of sp³-hybridized carbons (Fsp3) is 0.333. The molecule has 0 aliphatic rings. The first-order valence-corrected chi connectivity index (χ1v) is 6.81. The minimum Gasteiger partial charge on any atom is -0.508 e. The van der Waals surface area contributed by atoms with Gasteiger partial charge in [-0.3, -0.25) is 0 Å². The quantitative estimate of drug-likeness (QED) is 0.901. The predicted octanol–water partition coefficient (Wildman–Crippen LogP) is 4.02. The first kappa shape index (κ1) is 16.3. The zero-order valence-electron chi connectivity index (χ0n) is 12.6. The molecule has 0 spiro atoms. The highest BCUT2D eigenvalue weighted by atomic mass is 16.3. The monoisotopic (exact) mass is 272 g/mol. The lowest BCUT2D eigenvalue weighted by Gasteiger charge is -2.26. The summed E-state index contributed by atoms with van der Waals surface area (Å²) < 4.78 is 0. The first-order valence-electron chi connectivity index (χ1n) is 6.81. The second kappa shape index (κ2) is 6.10. The number of phenols is 1. The van der Waals surface area contributed by atoms with Crippen LogP contribution in [0, 0.1) is 0 Å². The van der Waals surface area contributed by atoms with Crippen LogP contribution in [0.25, 0.3) is 0 Å². The maximum absolute atomic E-state index is 9.39. The molecule has 0 amide bonds. The molecule has 20 heavy (non-hydrogen) atoms. The Hall–Kier alpha value is -1.80. The van der Waals surface area contributed by atoms with E-state index in [4.69, 9.17) is 0 Å². The Balaban J connectivity index is 0.00000200. The summed E-state index contributed by atoms with van der Waals surface area (Å²) in [6.45, 7) is 8.84. The summed E-state index contributed by atoms with van der Waals surface area (Å²) in [4.78, 5) is 0. The fourth-order valence-electron chi connectivity index (χ4n) is 2.33. The third-order valence-corrected chi connectivity index (χ3v) is 3.89. The van der Waals surface area contributed by atoms with E-state index in [1.807, 2.05) is 12.1 Å². The second-order valence-corrected chi connectivity index (χ2v) is 5.95. The van der Waals surface area contributed by atoms with E-state index in [-0.39, 0.29) is 10.9 Å². The number of hydrogen-bond donors (Lipinski definition) is 1. The van der Waals surface area contributed by atoms with Gasteiger partial charge in [-0.25, -0.2) is 0 Å². The van der Waals surface area contributed by atoms with E-state index in [1.54, 1.807) is 12.1 Å². The topological polar surface area (TPSA) is 51.7 Å². The molecule has 0 aliphatic heterocycles. The Bertz CT molecular complexity index is 537. The first-order chi connectivity index (χ1) is 8.91. The molecule has 0 atom stereocenters. The SMILES string of the molecule is CC(C)c1ccc(C(C)(C)c2ccc(O)cc2)cc1.O. The molecule has 2 aromatic rings. The van der Waals surface area contributed by atoms with Gasteiger partial charge < -0.3 is 10.6 Å². The Labute approximate surface area is 121 Å². The van der Waals surface area contributed by atoms with Crippen molar-refractivity contribution in [1.82, 2.24) is 0 Å². The van der Waals surface area contributed by atoms with Crippen LogP contribution in [-0.4, -0.2) is 10.6 Å². The van der Waals surface area contributed by atoms with E-state index < -0.39 is 0 Å². The lowest BCUT2D eigenvalue weighted by atomic mass is 9.77. The normalized spacial score (nSPS) is 11.2. The second-order valence-electron chi connectivity index (χ2n) is 5.95. The summed E-state index contributed by atoms with van der Waals surface area (Å²) in [5, 5.41) is 9.39. The van der Waals surface area contributed by atoms with Gasteiger partial charge in [0.05, 0.1) is 0 Å². The number of benzene rings is 2. The largest absolute Gasteiger partial charge is 0.508 e. The molecule has 0 saturated carbocycles. The Morgan fingerprint density at radius 1 is 0.800 bits per heavy atom. The number of rotatable bonds is 3. The van der Waals surface area contributed by atoms with E-state index in [0.29, 0.717) is 11.7 Å². The lowest BCUT2D eigenvalue weighted by Crippen LogP contribution is -2.18. The van der Waals surface area contributed by atoms with Crippen molar-refractivity contribution in [2.45, 2.75) is 39.0 Å². The predicted molar refractivity (Wildman–Crippen MR) is 84.4 cm³/mol. The molecular weight excluding hydrogens is 248 g/mol. The van der Waals surface area contributed by atoms with Gasteiger partial charge in [-0.15, -0.1) is 0 Å². The molecule has 0 fully saturated rings. The van der Waals surface area contributed by atoms with Crippen LogP contribution in [0.3, 0.4) is 0 Å². The maximum Gasteiger partial charge on any atom is 0.115 e. The van der Waals surface area contributed by atoms with E-state index in [0.717, 1.165) is 0 Å². The fourth-order valence-corrected chi connectivity index (χ4v) is 2.33. The molecular formula is C18H24O2. The molecule has 3 N–H and O–H groups in total. The molecule has 0 aromatic heterocycles. The van der Waals surface area contributed by atoms with Gasteiger partial charge in [0.1, 0.15) is 5.75 Å². The average Bonchev–Trinajstić information content (AvgIpc) is 2.39. The van der Waals surface area contributed by atoms with Crippen molar-refractivity contribution in [3.8, 4) is 5.75 Å². The number of aromatic hydroxyl groups is 1. The summed E-state index contributed by atoms with van der Waals surface area (Å²) in [7, 11) is 0. The number of hydrogen-bond acceptors (Lipinski definition) is 1. The highest BCUT2D eigenvalue weighted by Gasteiger charge is 2.22. The van der Waals surface area contributed by atoms with Crippen molar-refractivity contribution in [2.24, 2.45) is 0 Å². The van der Waals surface area contributed by atoms with Gasteiger partial charge in [0.25, 0.3) is 0 Å². The van der Waals surface area contributed by atoms with Crippen LogP contribution in [0.2, 0.25) is 0 Å². The van der Waals surface area contributed by atoms with Crippen LogP contribution in [0.4, 0.5) is 0 Å². The van der Waals surface area contributed by atoms with Crippen molar-refractivity contribution >= 4 is 0 Å². The van der Waals surface area contributed by atoms with Gasteiger partial charge >= 0.3 is 0 Å². The molecule has 108 valence electrons. The molecule has 0 bridgehead atoms. The molecule has 0 aliphatic carbocycles. The van der Waals surface area contributed by atoms with E-state index >= 15 is 0 Å². The Kier molecular flexibility index (Phi) is 4.96. The van der Waals surface area contributed by atoms with E-state index in [9.17, 15) is 5.11 Å². The summed E-state index contributed by atoms with van der Waals surface area (Å²) in [6, 6.07) is 16.3. The minimum atomic E-state index is -0.0524. The van der Waals surface area contributed by atoms with E-state index in [1.165, 1.54) is 16.7 Å². The summed E-state index contributed by atoms with van der Waals surface area (Å²) >= 11 is 0. The smallest absolute Gasteiger partial charge is 0.115 e. The van der Waals surface area contributed by atoms with Crippen molar-refractivity contribution < 1.29 is 10.6 Å². The lowest BCUT2D eigenvalue weighted by molar-refractivity contribution is 0.474. The van der Waals surface area contributed by atoms with Crippen LogP contribution < -0.4 is 0 Å². The summed E-state index contributed by atoms with van der Waals surface area (Å²) in [6.07, 6.45) is 0. The van der Waals surface area contributed by atoms with Crippen LogP contribution in [0.15, 0.2) is 48.5 Å². The van der Waals surface area contributed by atoms with Gasteiger partial charge in [-0.05, 0) is 34.7 Å². The highest BCUT2D eigenvalue weighted by molar-refractivity contribution is 5.40. The Morgan fingerprint density at radius 3 is 1.60 bits per heavy atom. The zero-order chi connectivity index (χ0) is 14.0. The third-order valence-electron chi connectivity index (χ3n) is 3.89. The number of phenolic OH excluding ortho intramolecular Hbond substituents is 1. The summed E-state index contributed by atoms with van der Waals surface area (Å²) in [5.74, 6) is 0.876. The zero-order valence-corrected chi connectivity index (χ0v) is 12.6. The molecule has 2 aromatic carbocycles. The molecule has 2 nitrogen and oxygen atoms in total. The van der Waals surface area contributed by atoms with Crippen molar-refractivity contribution in [3.63, 3.8) is 0 Å². The van der Waals surface area contributed by atoms with Gasteiger partial charge in [0.15, 0.2) is 0 Å². The molecule has 0 radical (unpaired) electrons. The van der Waals surface area contributed by atoms with Gasteiger partial charge in [-0.1, -0.05) is 64.1 Å². The van der Waals surface area contributed by atoms with Crippen LogP contribution in [0.1, 0.15) is 50.3 Å². The molecule has 0 heterocycles. The highest BCUT2D eigenvalue weighted by Crippen LogP contribution is 2.32. The minimum absolute atomic E-state index is 0. The summed E-state index contributed by atoms with van der Waals surface area (Å²) in [5.41, 5.74) is 3.82. The van der Waals surface area contributed by atoms with Crippen molar-refractivity contribution in [3.05, 3.63) is 65.2 Å². The molecule has 2 rings (SSSR count). The molecule has 0 saturated heterocycles. The van der Waals surface area contributed by atoms with Crippen LogP contribution in [0.5, 0.6) is 5.75 Å². The van der Waals surface area contributed by atoms with Crippen molar-refractivity contribution in [2.75, 3.05) is 0 Å². The Morgan fingerprint density at radius 2 is 1.20 bits per heavy atom.